The second-order valence-electron chi connectivity index (χ2n) is 4.43. The Hall–Kier alpha value is -2.70. The number of nitro groups is 1. The quantitative estimate of drug-likeness (QED) is 0.479. The summed E-state index contributed by atoms with van der Waals surface area (Å²) in [6, 6.07) is 6.03. The second kappa shape index (κ2) is 6.17. The Morgan fingerprint density at radius 2 is 2.29 bits per heavy atom. The number of esters is 1. The molecule has 1 heterocycles. The summed E-state index contributed by atoms with van der Waals surface area (Å²) in [5.41, 5.74) is 1.04. The molecule has 0 amide bonds. The highest BCUT2D eigenvalue weighted by Gasteiger charge is 2.19. The third-order valence-corrected chi connectivity index (χ3v) is 3.13. The SMILES string of the molecule is CCOC(=O)c1cncn1[C@H](C)c1cccc([N+](=O)[O-])c1. The van der Waals surface area contributed by atoms with Crippen LogP contribution in [0.5, 0.6) is 0 Å². The highest BCUT2D eigenvalue weighted by atomic mass is 16.6. The molecule has 0 aliphatic rings. The number of carbonyl (C=O) groups excluding carboxylic acids is 1. The van der Waals surface area contributed by atoms with E-state index in [9.17, 15) is 14.9 Å². The van der Waals surface area contributed by atoms with Gasteiger partial charge in [-0.2, -0.15) is 0 Å². The summed E-state index contributed by atoms with van der Waals surface area (Å²) in [6.07, 6.45) is 2.93. The molecule has 1 aromatic carbocycles. The molecule has 0 spiro atoms. The van der Waals surface area contributed by atoms with Gasteiger partial charge in [0, 0.05) is 12.1 Å². The number of imidazole rings is 1. The predicted octanol–water partition coefficient (Wildman–Crippen LogP) is 2.58. The molecule has 110 valence electrons. The maximum Gasteiger partial charge on any atom is 0.356 e. The van der Waals surface area contributed by atoms with Crippen LogP contribution in [0.1, 0.15) is 35.9 Å². The van der Waals surface area contributed by atoms with Gasteiger partial charge >= 0.3 is 5.97 Å². The molecule has 7 heteroatoms. The van der Waals surface area contributed by atoms with Crippen molar-refractivity contribution in [1.82, 2.24) is 9.55 Å². The summed E-state index contributed by atoms with van der Waals surface area (Å²) in [4.78, 5) is 26.2. The first-order valence-electron chi connectivity index (χ1n) is 6.48. The fraction of sp³-hybridized carbons (Fsp3) is 0.286. The van der Waals surface area contributed by atoms with Gasteiger partial charge in [0.2, 0.25) is 0 Å². The second-order valence-corrected chi connectivity index (χ2v) is 4.43. The molecule has 0 aliphatic heterocycles. The van der Waals surface area contributed by atoms with E-state index in [2.05, 4.69) is 4.98 Å². The van der Waals surface area contributed by atoms with Crippen LogP contribution >= 0.6 is 0 Å². The van der Waals surface area contributed by atoms with Gasteiger partial charge in [-0.1, -0.05) is 12.1 Å². The molecule has 0 aliphatic carbocycles. The lowest BCUT2D eigenvalue weighted by molar-refractivity contribution is -0.384. The Morgan fingerprint density at radius 1 is 1.52 bits per heavy atom. The highest BCUT2D eigenvalue weighted by Crippen LogP contribution is 2.23. The molecular weight excluding hydrogens is 274 g/mol. The summed E-state index contributed by atoms with van der Waals surface area (Å²) in [6.45, 7) is 3.83. The van der Waals surface area contributed by atoms with Crippen molar-refractivity contribution in [2.24, 2.45) is 0 Å². The third kappa shape index (κ3) is 3.07. The van der Waals surface area contributed by atoms with Gasteiger partial charge in [0.25, 0.3) is 5.69 Å². The first-order chi connectivity index (χ1) is 10.0. The van der Waals surface area contributed by atoms with Crippen LogP contribution in [0.3, 0.4) is 0 Å². The van der Waals surface area contributed by atoms with E-state index < -0.39 is 10.9 Å². The number of benzene rings is 1. The lowest BCUT2D eigenvalue weighted by atomic mass is 10.1. The Morgan fingerprint density at radius 3 is 2.95 bits per heavy atom. The largest absolute Gasteiger partial charge is 0.461 e. The number of nitrogens with zero attached hydrogens (tertiary/aromatic N) is 3. The van der Waals surface area contributed by atoms with Gasteiger partial charge in [-0.25, -0.2) is 9.78 Å². The number of aromatic nitrogens is 2. The van der Waals surface area contributed by atoms with Gasteiger partial charge < -0.3 is 9.30 Å². The summed E-state index contributed by atoms with van der Waals surface area (Å²) in [7, 11) is 0. The lowest BCUT2D eigenvalue weighted by Crippen LogP contribution is -2.15. The topological polar surface area (TPSA) is 87.3 Å². The first kappa shape index (κ1) is 14.7. The fourth-order valence-electron chi connectivity index (χ4n) is 2.04. The van der Waals surface area contributed by atoms with E-state index in [-0.39, 0.29) is 18.3 Å². The summed E-state index contributed by atoms with van der Waals surface area (Å²) in [5, 5.41) is 10.8. The van der Waals surface area contributed by atoms with Crippen molar-refractivity contribution in [1.29, 1.82) is 0 Å². The number of non-ortho nitro benzene ring substituents is 1. The molecule has 0 unspecified atom stereocenters. The van der Waals surface area contributed by atoms with Crippen molar-refractivity contribution in [3.8, 4) is 0 Å². The lowest BCUT2D eigenvalue weighted by Gasteiger charge is -2.16. The standard InChI is InChI=1S/C14H15N3O4/c1-3-21-14(18)13-8-15-9-16(13)10(2)11-5-4-6-12(7-11)17(19)20/h4-10H,3H2,1-2H3/t10-/m1/s1. The summed E-state index contributed by atoms with van der Waals surface area (Å²) >= 11 is 0. The molecule has 7 nitrogen and oxygen atoms in total. The number of carbonyl (C=O) groups is 1. The van der Waals surface area contributed by atoms with E-state index in [1.54, 1.807) is 23.6 Å². The van der Waals surface area contributed by atoms with Crippen LogP contribution in [-0.4, -0.2) is 27.1 Å². The van der Waals surface area contributed by atoms with Crippen LogP contribution in [0, 0.1) is 10.1 Å². The molecule has 1 atom stereocenters. The van der Waals surface area contributed by atoms with Crippen molar-refractivity contribution >= 4 is 11.7 Å². The van der Waals surface area contributed by atoms with Crippen LogP contribution in [0.4, 0.5) is 5.69 Å². The molecule has 2 rings (SSSR count). The van der Waals surface area contributed by atoms with E-state index in [0.717, 1.165) is 0 Å². The number of hydrogen-bond donors (Lipinski definition) is 0. The van der Waals surface area contributed by atoms with Crippen molar-refractivity contribution in [3.63, 3.8) is 0 Å². The number of rotatable bonds is 5. The summed E-state index contributed by atoms with van der Waals surface area (Å²) < 4.78 is 6.60. The van der Waals surface area contributed by atoms with E-state index in [0.29, 0.717) is 11.3 Å². The Balaban J connectivity index is 2.34. The smallest absolute Gasteiger partial charge is 0.356 e. The van der Waals surface area contributed by atoms with Crippen LogP contribution in [-0.2, 0) is 4.74 Å². The van der Waals surface area contributed by atoms with Gasteiger partial charge in [0.05, 0.1) is 30.1 Å². The summed E-state index contributed by atoms with van der Waals surface area (Å²) in [5.74, 6) is -0.465. The number of ether oxygens (including phenoxy) is 1. The molecule has 0 saturated carbocycles. The average Bonchev–Trinajstić information content (AvgIpc) is 2.96. The Bertz CT molecular complexity index is 666. The van der Waals surface area contributed by atoms with E-state index in [1.165, 1.54) is 24.7 Å². The van der Waals surface area contributed by atoms with Crippen LogP contribution < -0.4 is 0 Å². The molecule has 0 saturated heterocycles. The molecule has 21 heavy (non-hydrogen) atoms. The van der Waals surface area contributed by atoms with E-state index in [4.69, 9.17) is 4.74 Å². The van der Waals surface area contributed by atoms with Crippen molar-refractivity contribution in [2.45, 2.75) is 19.9 Å². The van der Waals surface area contributed by atoms with Gasteiger partial charge in [-0.15, -0.1) is 0 Å². The minimum absolute atomic E-state index is 0.0113. The molecular formula is C14H15N3O4. The van der Waals surface area contributed by atoms with E-state index >= 15 is 0 Å². The first-order valence-corrected chi connectivity index (χ1v) is 6.48. The van der Waals surface area contributed by atoms with E-state index in [1.807, 2.05) is 6.92 Å². The van der Waals surface area contributed by atoms with Crippen LogP contribution in [0.2, 0.25) is 0 Å². The highest BCUT2D eigenvalue weighted by molar-refractivity contribution is 5.87. The van der Waals surface area contributed by atoms with Crippen molar-refractivity contribution in [2.75, 3.05) is 6.61 Å². The average molecular weight is 289 g/mol. The zero-order valence-electron chi connectivity index (χ0n) is 11.7. The molecule has 1 aromatic heterocycles. The van der Waals surface area contributed by atoms with Crippen LogP contribution in [0.15, 0.2) is 36.8 Å². The van der Waals surface area contributed by atoms with Gasteiger partial charge in [0.1, 0.15) is 5.69 Å². The molecule has 0 fully saturated rings. The zero-order valence-corrected chi connectivity index (χ0v) is 11.7. The predicted molar refractivity (Wildman–Crippen MR) is 75.1 cm³/mol. The number of nitro benzene ring substituents is 1. The normalized spacial score (nSPS) is 11.9. The minimum Gasteiger partial charge on any atom is -0.461 e. The van der Waals surface area contributed by atoms with Crippen molar-refractivity contribution < 1.29 is 14.5 Å². The maximum absolute atomic E-state index is 11.8. The molecule has 2 aromatic rings. The van der Waals surface area contributed by atoms with Crippen molar-refractivity contribution in [3.05, 3.63) is 58.2 Å². The van der Waals surface area contributed by atoms with Gasteiger partial charge in [-0.3, -0.25) is 10.1 Å². The molecule has 0 bridgehead atoms. The van der Waals surface area contributed by atoms with Crippen LogP contribution in [0.25, 0.3) is 0 Å². The minimum atomic E-state index is -0.465. The molecule has 0 N–H and O–H groups in total. The Labute approximate surface area is 121 Å². The number of hydrogen-bond acceptors (Lipinski definition) is 5. The van der Waals surface area contributed by atoms with Gasteiger partial charge in [0.15, 0.2) is 0 Å². The maximum atomic E-state index is 11.8. The Kier molecular flexibility index (Phi) is 4.32. The monoisotopic (exact) mass is 289 g/mol. The fourth-order valence-corrected chi connectivity index (χ4v) is 2.04. The van der Waals surface area contributed by atoms with Gasteiger partial charge in [-0.05, 0) is 19.4 Å². The zero-order chi connectivity index (χ0) is 15.4. The third-order valence-electron chi connectivity index (χ3n) is 3.13. The molecule has 0 radical (unpaired) electrons.